The van der Waals surface area contributed by atoms with E-state index in [-0.39, 0.29) is 20.1 Å². The van der Waals surface area contributed by atoms with Crippen molar-refractivity contribution in [1.82, 2.24) is 14.5 Å². The number of benzene rings is 5. The normalized spacial score (nSPS) is 11.5. The molecule has 0 aliphatic carbocycles. The van der Waals surface area contributed by atoms with Crippen LogP contribution in [0.15, 0.2) is 134 Å². The van der Waals surface area contributed by atoms with Crippen LogP contribution in [0.2, 0.25) is 19.6 Å². The maximum absolute atomic E-state index is 7.97. The van der Waals surface area contributed by atoms with Gasteiger partial charge in [-0.25, -0.2) is 0 Å². The zero-order valence-corrected chi connectivity index (χ0v) is 32.4. The van der Waals surface area contributed by atoms with Crippen molar-refractivity contribution in [3.05, 3.63) is 156 Å². The van der Waals surface area contributed by atoms with Crippen molar-refractivity contribution in [3.63, 3.8) is 0 Å². The molecule has 0 N–H and O–H groups in total. The molecule has 0 saturated heterocycles. The first kappa shape index (κ1) is 33.1. The standard InChI is InChI=1S/C29H21N2S.C14H16NSi.Ir/c1-19-16-22(17-20(2)28(19)21-10-4-3-5-11-21)31-26-14-8-7-13-25(26)30-29(31)24-18-32-27-15-9-6-12-23(24)27;1-16(2,3)13-9-10-14(15-11-13)12-7-5-4-6-8-12;/h3-17H,1-2H3;4-7,9-11H,1-3H3;/q2*-1;/i9D;;. The smallest absolute Gasteiger partial charge is 0.0795 e. The maximum atomic E-state index is 7.97. The van der Waals surface area contributed by atoms with Crippen LogP contribution in [0.4, 0.5) is 0 Å². The molecule has 0 bridgehead atoms. The Morgan fingerprint density at radius 2 is 1.53 bits per heavy atom. The second kappa shape index (κ2) is 14.6. The van der Waals surface area contributed by atoms with Crippen molar-refractivity contribution in [2.24, 2.45) is 0 Å². The van der Waals surface area contributed by atoms with Crippen molar-refractivity contribution in [2.45, 2.75) is 33.5 Å². The molecule has 49 heavy (non-hydrogen) atoms. The van der Waals surface area contributed by atoms with Gasteiger partial charge in [0.25, 0.3) is 0 Å². The molecule has 6 heteroatoms. The van der Waals surface area contributed by atoms with E-state index in [9.17, 15) is 0 Å². The molecule has 0 aliphatic rings. The van der Waals surface area contributed by atoms with Gasteiger partial charge in [-0.15, -0.1) is 47.3 Å². The van der Waals surface area contributed by atoms with Crippen LogP contribution < -0.4 is 5.19 Å². The van der Waals surface area contributed by atoms with Crippen molar-refractivity contribution in [3.8, 4) is 39.5 Å². The summed E-state index contributed by atoms with van der Waals surface area (Å²) in [4.78, 5) is 9.55. The van der Waals surface area contributed by atoms with Crippen LogP contribution in [0, 0.1) is 25.3 Å². The fraction of sp³-hybridized carbons (Fsp3) is 0.116. The van der Waals surface area contributed by atoms with E-state index in [0.717, 1.165) is 49.5 Å². The van der Waals surface area contributed by atoms with Crippen molar-refractivity contribution in [1.29, 1.82) is 0 Å². The van der Waals surface area contributed by atoms with Gasteiger partial charge in [-0.2, -0.15) is 0 Å². The number of rotatable bonds is 5. The average Bonchev–Trinajstić information content (AvgIpc) is 3.70. The summed E-state index contributed by atoms with van der Waals surface area (Å²) < 4.78 is 11.3. The summed E-state index contributed by atoms with van der Waals surface area (Å²) in [6.07, 6.45) is 2.02. The molecule has 8 rings (SSSR count). The first-order valence-electron chi connectivity index (χ1n) is 16.7. The van der Waals surface area contributed by atoms with Crippen LogP contribution in [-0.2, 0) is 20.1 Å². The molecule has 0 aliphatic heterocycles. The number of hydrogen-bond donors (Lipinski definition) is 0. The fourth-order valence-electron chi connectivity index (χ4n) is 6.17. The van der Waals surface area contributed by atoms with Gasteiger partial charge in [-0.1, -0.05) is 108 Å². The minimum absolute atomic E-state index is 0. The van der Waals surface area contributed by atoms with E-state index in [1.165, 1.54) is 27.4 Å². The largest absolute Gasteiger partial charge is 0.333 e. The van der Waals surface area contributed by atoms with Gasteiger partial charge in [0.15, 0.2) is 0 Å². The van der Waals surface area contributed by atoms with Crippen LogP contribution in [0.5, 0.6) is 0 Å². The fourth-order valence-corrected chi connectivity index (χ4v) is 8.02. The number of pyridine rings is 1. The molecule has 0 fully saturated rings. The first-order valence-corrected chi connectivity index (χ1v) is 20.5. The van der Waals surface area contributed by atoms with Gasteiger partial charge in [0.05, 0.1) is 26.3 Å². The third-order valence-corrected chi connectivity index (χ3v) is 11.5. The SMILES string of the molecule is C[Si](C)(C)c1ccc(-c2[c-]cccc2)nc1.[2H]c1ccc2c(-c3nc4ccccc4n3-c3cc(C)c(-c4ccccc4)c(C)c3)[c-]sc2c1.[Ir]. The Morgan fingerprint density at radius 3 is 2.22 bits per heavy atom. The Morgan fingerprint density at radius 1 is 0.796 bits per heavy atom. The van der Waals surface area contributed by atoms with Crippen LogP contribution in [0.1, 0.15) is 12.5 Å². The molecule has 1 radical (unpaired) electrons. The molecule has 3 aromatic heterocycles. The molecule has 0 spiro atoms. The Hall–Kier alpha value is -4.45. The van der Waals surface area contributed by atoms with Crippen LogP contribution >= 0.6 is 11.3 Å². The molecule has 5 aromatic carbocycles. The van der Waals surface area contributed by atoms with Crippen LogP contribution in [0.3, 0.4) is 0 Å². The second-order valence-corrected chi connectivity index (χ2v) is 19.0. The zero-order valence-electron chi connectivity index (χ0n) is 29.2. The molecule has 0 amide bonds. The Labute approximate surface area is 309 Å². The molecule has 0 unspecified atom stereocenters. The van der Waals surface area contributed by atoms with E-state index in [4.69, 9.17) is 6.35 Å². The molecular weight excluding hydrogens is 811 g/mol. The third kappa shape index (κ3) is 7.15. The molecule has 8 aromatic rings. The van der Waals surface area contributed by atoms with Gasteiger partial charge < -0.3 is 9.55 Å². The summed E-state index contributed by atoms with van der Waals surface area (Å²) in [5.74, 6) is 0.881. The zero-order chi connectivity index (χ0) is 34.1. The number of nitrogens with zero attached hydrogens (tertiary/aromatic N) is 3. The molecule has 0 atom stereocenters. The van der Waals surface area contributed by atoms with E-state index in [1.54, 1.807) is 11.3 Å². The van der Waals surface area contributed by atoms with Gasteiger partial charge >= 0.3 is 0 Å². The molecule has 3 heterocycles. The third-order valence-electron chi connectivity index (χ3n) is 8.60. The monoisotopic (exact) mass is 849 g/mol. The number of aromatic nitrogens is 3. The predicted molar refractivity (Wildman–Crippen MR) is 207 cm³/mol. The predicted octanol–water partition coefficient (Wildman–Crippen LogP) is 11.1. The van der Waals surface area contributed by atoms with Crippen LogP contribution in [-0.4, -0.2) is 22.6 Å². The molecule has 245 valence electrons. The van der Waals surface area contributed by atoms with Gasteiger partial charge in [0.1, 0.15) is 0 Å². The minimum Gasteiger partial charge on any atom is -0.333 e. The van der Waals surface area contributed by atoms with Gasteiger partial charge in [-0.3, -0.25) is 16.3 Å². The summed E-state index contributed by atoms with van der Waals surface area (Å²) in [7, 11) is -1.23. The average molecular weight is 849 g/mol. The van der Waals surface area contributed by atoms with Crippen molar-refractivity contribution in [2.75, 3.05) is 0 Å². The Balaban J connectivity index is 0.000000215. The van der Waals surface area contributed by atoms with Gasteiger partial charge in [-0.05, 0) is 71.2 Å². The van der Waals surface area contributed by atoms with Crippen molar-refractivity contribution >= 4 is 45.7 Å². The summed E-state index contributed by atoms with van der Waals surface area (Å²) in [6.45, 7) is 11.4. The second-order valence-electron chi connectivity index (χ2n) is 13.0. The Bertz CT molecular complexity index is 2370. The van der Waals surface area contributed by atoms with E-state index in [2.05, 4.69) is 127 Å². The first-order chi connectivity index (χ1) is 23.7. The topological polar surface area (TPSA) is 30.7 Å². The minimum atomic E-state index is -1.23. The molecule has 0 saturated carbocycles. The number of imidazole rings is 1. The number of thiophene rings is 1. The van der Waals surface area contributed by atoms with E-state index < -0.39 is 8.07 Å². The molecule has 3 nitrogen and oxygen atoms in total. The number of hydrogen-bond acceptors (Lipinski definition) is 3. The number of fused-ring (bicyclic) bond motifs is 2. The van der Waals surface area contributed by atoms with E-state index >= 15 is 0 Å². The van der Waals surface area contributed by atoms with Gasteiger partial charge in [0, 0.05) is 32.0 Å². The number of para-hydroxylation sites is 2. The molecular formula is C43H37IrN3SSi-2. The Kier molecular flexibility index (Phi) is 9.83. The quantitative estimate of drug-likeness (QED) is 0.128. The maximum Gasteiger partial charge on any atom is 0.0795 e. The summed E-state index contributed by atoms with van der Waals surface area (Å²) >= 11 is 1.54. The summed E-state index contributed by atoms with van der Waals surface area (Å²) in [6, 6.07) is 45.0. The van der Waals surface area contributed by atoms with Gasteiger partial charge in [0.2, 0.25) is 0 Å². The van der Waals surface area contributed by atoms with E-state index in [1.807, 2.05) is 54.7 Å². The number of aryl methyl sites for hydroxylation is 2. The summed E-state index contributed by atoms with van der Waals surface area (Å²) in [5, 5.41) is 5.95. The van der Waals surface area contributed by atoms with E-state index in [0.29, 0.717) is 6.04 Å². The summed E-state index contributed by atoms with van der Waals surface area (Å²) in [5.41, 5.74) is 11.2. The van der Waals surface area contributed by atoms with Crippen molar-refractivity contribution < 1.29 is 21.5 Å². The van der Waals surface area contributed by atoms with Crippen LogP contribution in [0.25, 0.3) is 60.6 Å².